The van der Waals surface area contributed by atoms with Crippen molar-refractivity contribution in [3.8, 4) is 11.5 Å². The third-order valence-corrected chi connectivity index (χ3v) is 9.57. The first-order chi connectivity index (χ1) is 16.4. The van der Waals surface area contributed by atoms with Crippen LogP contribution >= 0.6 is 0 Å². The first-order valence-electron chi connectivity index (χ1n) is 12.1. The van der Waals surface area contributed by atoms with Crippen LogP contribution in [-0.2, 0) is 26.7 Å². The van der Waals surface area contributed by atoms with Gasteiger partial charge in [0, 0.05) is 35.9 Å². The van der Waals surface area contributed by atoms with Gasteiger partial charge in [-0.2, -0.15) is 21.6 Å². The third kappa shape index (κ3) is 3.68. The Morgan fingerprint density at radius 3 is 2.57 bits per heavy atom. The van der Waals surface area contributed by atoms with Crippen molar-refractivity contribution >= 4 is 15.9 Å². The number of benzene rings is 1. The van der Waals surface area contributed by atoms with Crippen LogP contribution in [0, 0.1) is 11.8 Å². The molecule has 4 aliphatic rings. The Labute approximate surface area is 202 Å². The van der Waals surface area contributed by atoms with Gasteiger partial charge in [0.25, 0.3) is 0 Å². The van der Waals surface area contributed by atoms with Gasteiger partial charge in [0.05, 0.1) is 12.7 Å². The van der Waals surface area contributed by atoms with Crippen molar-refractivity contribution in [3.05, 3.63) is 23.3 Å². The number of piperidine rings is 1. The zero-order valence-electron chi connectivity index (χ0n) is 19.7. The number of aliphatic hydroxyl groups is 1. The molecule has 0 spiro atoms. The maximum absolute atomic E-state index is 13.3. The number of carbonyl (C=O) groups is 1. The molecule has 5 rings (SSSR count). The van der Waals surface area contributed by atoms with E-state index in [4.69, 9.17) is 8.92 Å². The van der Waals surface area contributed by atoms with Gasteiger partial charge in [0.15, 0.2) is 11.5 Å². The average molecular weight is 518 g/mol. The molecule has 1 aromatic carbocycles. The van der Waals surface area contributed by atoms with Crippen molar-refractivity contribution in [2.24, 2.45) is 11.8 Å². The third-order valence-electron chi connectivity index (χ3n) is 8.61. The minimum absolute atomic E-state index is 0.0770. The number of nitrogens with zero attached hydrogens (tertiary/aromatic N) is 1. The number of ether oxygens (including phenoxy) is 1. The molecule has 7 nitrogen and oxygen atoms in total. The zero-order chi connectivity index (χ0) is 25.4. The Morgan fingerprint density at radius 2 is 1.97 bits per heavy atom. The van der Waals surface area contributed by atoms with Crippen molar-refractivity contribution in [2.75, 3.05) is 20.2 Å². The highest BCUT2D eigenvalue weighted by Crippen LogP contribution is 2.62. The highest BCUT2D eigenvalue weighted by molar-refractivity contribution is 7.88. The van der Waals surface area contributed by atoms with Gasteiger partial charge in [0.1, 0.15) is 5.78 Å². The minimum Gasteiger partial charge on any atom is -0.493 e. The molecule has 194 valence electrons. The summed E-state index contributed by atoms with van der Waals surface area (Å²) in [7, 11) is -4.80. The lowest BCUT2D eigenvalue weighted by Gasteiger charge is -2.64. The lowest BCUT2D eigenvalue weighted by atomic mass is 9.47. The Kier molecular flexibility index (Phi) is 5.73. The van der Waals surface area contributed by atoms with Crippen LogP contribution in [0.2, 0.25) is 0 Å². The molecular weight excluding hydrogens is 487 g/mol. The Hall–Kier alpha value is -1.85. The first kappa shape index (κ1) is 24.8. The van der Waals surface area contributed by atoms with Crippen LogP contribution in [0.15, 0.2) is 12.1 Å². The van der Waals surface area contributed by atoms with E-state index in [0.29, 0.717) is 37.3 Å². The molecule has 1 saturated heterocycles. The van der Waals surface area contributed by atoms with E-state index < -0.39 is 32.4 Å². The largest absolute Gasteiger partial charge is 0.534 e. The van der Waals surface area contributed by atoms with E-state index >= 15 is 0 Å². The van der Waals surface area contributed by atoms with Gasteiger partial charge >= 0.3 is 15.6 Å². The molecule has 1 aromatic rings. The molecular formula is C24H30F3NO6S. The predicted molar refractivity (Wildman–Crippen MR) is 120 cm³/mol. The summed E-state index contributed by atoms with van der Waals surface area (Å²) in [6.07, 6.45) is 3.51. The fraction of sp³-hybridized carbons (Fsp3) is 0.708. The van der Waals surface area contributed by atoms with Crippen molar-refractivity contribution in [1.29, 1.82) is 0 Å². The number of hydrogen-bond donors (Lipinski definition) is 1. The standard InChI is InChI=1S/C24H30F3NO6S/c1-3-15-11-23(30)19-10-16-6-7-18(33-2)21(34-35(31,32)24(25,26)27)20(16)22(23,12-17(15)29)8-9-28(19)13-14-4-5-14/h6-7,14-15,19,30H,3-5,8-13H2,1-2H3. The molecule has 11 heteroatoms. The molecule has 3 fully saturated rings. The van der Waals surface area contributed by atoms with E-state index in [0.717, 1.165) is 19.4 Å². The van der Waals surface area contributed by atoms with Crippen LogP contribution in [0.3, 0.4) is 0 Å². The number of fused-ring (bicyclic) bond motifs is 1. The molecule has 35 heavy (non-hydrogen) atoms. The number of Topliss-reactive ketones (excluding diaryl/α,β-unsaturated/α-hetero) is 1. The molecule has 2 saturated carbocycles. The number of ketones is 1. The van der Waals surface area contributed by atoms with Crippen LogP contribution in [0.1, 0.15) is 56.6 Å². The molecule has 1 N–H and O–H groups in total. The maximum Gasteiger partial charge on any atom is 0.534 e. The fourth-order valence-electron chi connectivity index (χ4n) is 6.69. The van der Waals surface area contributed by atoms with E-state index in [1.165, 1.54) is 13.2 Å². The molecule has 0 amide bonds. The van der Waals surface area contributed by atoms with Crippen LogP contribution in [-0.4, -0.2) is 61.6 Å². The molecule has 1 aliphatic heterocycles. The van der Waals surface area contributed by atoms with Crippen LogP contribution in [0.25, 0.3) is 0 Å². The molecule has 3 aliphatic carbocycles. The van der Waals surface area contributed by atoms with Gasteiger partial charge in [-0.3, -0.25) is 9.69 Å². The SMILES string of the molecule is CCC1CC2(O)C3Cc4ccc(OC)c(OS(=O)(=O)C(F)(F)F)c4C2(CCN3CC2CC2)CC1=O. The second kappa shape index (κ2) is 8.08. The molecule has 0 aromatic heterocycles. The summed E-state index contributed by atoms with van der Waals surface area (Å²) in [5, 5.41) is 12.4. The lowest BCUT2D eigenvalue weighted by molar-refractivity contribution is -0.182. The van der Waals surface area contributed by atoms with E-state index in [9.17, 15) is 31.5 Å². The summed E-state index contributed by atoms with van der Waals surface area (Å²) < 4.78 is 74.1. The number of methoxy groups -OCH3 is 1. The van der Waals surface area contributed by atoms with E-state index in [2.05, 4.69) is 4.90 Å². The number of carbonyl (C=O) groups excluding carboxylic acids is 1. The number of halogens is 3. The second-order valence-corrected chi connectivity index (χ2v) is 12.0. The topological polar surface area (TPSA) is 93.1 Å². The molecule has 0 radical (unpaired) electrons. The maximum atomic E-state index is 13.3. The second-order valence-electron chi connectivity index (χ2n) is 10.5. The predicted octanol–water partition coefficient (Wildman–Crippen LogP) is 3.32. The van der Waals surface area contributed by atoms with Crippen LogP contribution in [0.5, 0.6) is 11.5 Å². The van der Waals surface area contributed by atoms with Gasteiger partial charge in [-0.1, -0.05) is 13.0 Å². The lowest BCUT2D eigenvalue weighted by Crippen LogP contribution is -2.74. The van der Waals surface area contributed by atoms with E-state index in [1.54, 1.807) is 6.07 Å². The average Bonchev–Trinajstić information content (AvgIpc) is 3.59. The summed E-state index contributed by atoms with van der Waals surface area (Å²) in [5.74, 6) is -0.639. The molecule has 4 unspecified atom stereocenters. The molecule has 2 bridgehead atoms. The Balaban J connectivity index is 1.72. The van der Waals surface area contributed by atoms with Crippen molar-refractivity contribution in [1.82, 2.24) is 4.90 Å². The van der Waals surface area contributed by atoms with Crippen molar-refractivity contribution in [3.63, 3.8) is 0 Å². The quantitative estimate of drug-likeness (QED) is 0.457. The summed E-state index contributed by atoms with van der Waals surface area (Å²) in [5.41, 5.74) is -7.59. The highest BCUT2D eigenvalue weighted by Gasteiger charge is 2.67. The van der Waals surface area contributed by atoms with Gasteiger partial charge in [-0.05, 0) is 62.6 Å². The van der Waals surface area contributed by atoms with Crippen LogP contribution < -0.4 is 8.92 Å². The molecule has 4 atom stereocenters. The number of rotatable bonds is 6. The van der Waals surface area contributed by atoms with Crippen LogP contribution in [0.4, 0.5) is 13.2 Å². The van der Waals surface area contributed by atoms with Gasteiger partial charge in [-0.15, -0.1) is 0 Å². The monoisotopic (exact) mass is 517 g/mol. The van der Waals surface area contributed by atoms with Gasteiger partial charge < -0.3 is 14.0 Å². The van der Waals surface area contributed by atoms with Gasteiger partial charge in [-0.25, -0.2) is 0 Å². The smallest absolute Gasteiger partial charge is 0.493 e. The number of alkyl halides is 3. The van der Waals surface area contributed by atoms with E-state index in [-0.39, 0.29) is 41.9 Å². The van der Waals surface area contributed by atoms with Crippen molar-refractivity contribution < 1.29 is 40.4 Å². The number of likely N-dealkylation sites (tertiary alicyclic amines) is 1. The van der Waals surface area contributed by atoms with E-state index in [1.807, 2.05) is 6.92 Å². The van der Waals surface area contributed by atoms with Crippen molar-refractivity contribution in [2.45, 2.75) is 74.4 Å². The summed E-state index contributed by atoms with van der Waals surface area (Å²) in [6, 6.07) is 2.75. The normalized spacial score (nSPS) is 33.1. The number of hydrogen-bond acceptors (Lipinski definition) is 7. The van der Waals surface area contributed by atoms with Gasteiger partial charge in [0.2, 0.25) is 0 Å². The molecule has 1 heterocycles. The summed E-state index contributed by atoms with van der Waals surface area (Å²) in [6.45, 7) is 3.26. The minimum atomic E-state index is -6.01. The summed E-state index contributed by atoms with van der Waals surface area (Å²) >= 11 is 0. The first-order valence-corrected chi connectivity index (χ1v) is 13.5. The fourth-order valence-corrected chi connectivity index (χ4v) is 7.17. The summed E-state index contributed by atoms with van der Waals surface area (Å²) in [4.78, 5) is 15.5. The Bertz CT molecular complexity index is 1150. The highest BCUT2D eigenvalue weighted by atomic mass is 32.2. The Morgan fingerprint density at radius 1 is 1.26 bits per heavy atom. The zero-order valence-corrected chi connectivity index (χ0v) is 20.5.